The van der Waals surface area contributed by atoms with Crippen LogP contribution in [0.4, 0.5) is 0 Å². The molecule has 2 atom stereocenters. The van der Waals surface area contributed by atoms with Crippen molar-refractivity contribution in [2.75, 3.05) is 0 Å². The van der Waals surface area contributed by atoms with E-state index in [1.165, 1.54) is 293 Å². The second-order valence-electron chi connectivity index (χ2n) is 22.9. The molecule has 0 aromatic rings. The third-order valence-corrected chi connectivity index (χ3v) is 17.5. The molecule has 0 bridgehead atoms. The monoisotopic (exact) mass is 835 g/mol. The van der Waals surface area contributed by atoms with E-state index in [2.05, 4.69) is 0 Å². The minimum atomic E-state index is 1.16. The van der Waals surface area contributed by atoms with Crippen LogP contribution in [0.2, 0.25) is 0 Å². The summed E-state index contributed by atoms with van der Waals surface area (Å²) in [6, 6.07) is 0. The summed E-state index contributed by atoms with van der Waals surface area (Å²) in [6.07, 6.45) is 82.0. The Morgan fingerprint density at radius 3 is 0.267 bits per heavy atom. The Balaban J connectivity index is 0.000000151. The predicted molar refractivity (Wildman–Crippen MR) is 270 cm³/mol. The summed E-state index contributed by atoms with van der Waals surface area (Å²) in [5.74, 6) is 6.99. The van der Waals surface area contributed by atoms with Crippen LogP contribution in [0.5, 0.6) is 0 Å². The van der Waals surface area contributed by atoms with Crippen molar-refractivity contribution in [2.24, 2.45) is 35.5 Å². The summed E-state index contributed by atoms with van der Waals surface area (Å²) >= 11 is 0. The van der Waals surface area contributed by atoms with Crippen molar-refractivity contribution in [3.63, 3.8) is 0 Å². The van der Waals surface area contributed by atoms with Crippen LogP contribution in [0.15, 0.2) is 0 Å². The maximum absolute atomic E-state index is 1.56. The molecule has 2 unspecified atom stereocenters. The standard InChI is InChI=1S/C10H18.C9H16.C8H14.C8H16.C7H14.C6H12.C5H10.C4H8.C3H6/c1-2-6-10-8-4-3-7-9(10)5-1;1-2-5-9-7-3-6-8(9)4-1;1-3-7-5-2-6-8(7)4-1;1-2-4-6-8-7-5-3-1;1-2-4-6-7-5-3-1;1-2-4-6-5-3-1;1-2-4-5-3-1;1-2-4-3-1;1-2-3-1/h9-10H,1-8H2;8-9H,1-7H2;7-8H,1-6H2;1-8H2;1-7H2;1-6H2;1-5H2;1-4H2;1-3H2. The molecule has 12 rings (SSSR count). The van der Waals surface area contributed by atoms with E-state index in [9.17, 15) is 0 Å². The van der Waals surface area contributed by atoms with Crippen LogP contribution in [-0.4, -0.2) is 0 Å². The van der Waals surface area contributed by atoms with Gasteiger partial charge in [-0.15, -0.1) is 0 Å². The van der Waals surface area contributed by atoms with Crippen molar-refractivity contribution >= 4 is 0 Å². The smallest absolute Gasteiger partial charge is 0.0386 e. The van der Waals surface area contributed by atoms with Gasteiger partial charge in [0.25, 0.3) is 0 Å². The largest absolute Gasteiger partial charge is 0.0533 e. The van der Waals surface area contributed by atoms with E-state index in [-0.39, 0.29) is 0 Å². The van der Waals surface area contributed by atoms with E-state index >= 15 is 0 Å². The fourth-order valence-corrected chi connectivity index (χ4v) is 12.9. The van der Waals surface area contributed by atoms with Crippen molar-refractivity contribution in [3.05, 3.63) is 0 Å². The molecule has 0 aromatic carbocycles. The molecule has 0 aliphatic heterocycles. The Morgan fingerprint density at radius 2 is 0.167 bits per heavy atom. The van der Waals surface area contributed by atoms with Gasteiger partial charge in [-0.2, -0.15) is 0 Å². The molecule has 12 aliphatic rings. The lowest BCUT2D eigenvalue weighted by molar-refractivity contribution is 0.171. The Labute approximate surface area is 380 Å². The third-order valence-electron chi connectivity index (χ3n) is 17.5. The van der Waals surface area contributed by atoms with E-state index in [0.29, 0.717) is 0 Å². The Hall–Kier alpha value is 0. The molecule has 0 nitrogen and oxygen atoms in total. The van der Waals surface area contributed by atoms with Crippen molar-refractivity contribution in [1.29, 1.82) is 0 Å². The van der Waals surface area contributed by atoms with E-state index in [4.69, 9.17) is 0 Å². The van der Waals surface area contributed by atoms with E-state index in [0.717, 1.165) is 11.8 Å². The fourth-order valence-electron chi connectivity index (χ4n) is 12.9. The number of fused-ring (bicyclic) bond motifs is 3. The first-order chi connectivity index (χ1) is 29.9. The molecule has 0 N–H and O–H groups in total. The van der Waals surface area contributed by atoms with E-state index < -0.39 is 0 Å². The van der Waals surface area contributed by atoms with Crippen LogP contribution in [-0.2, 0) is 0 Å². The quantitative estimate of drug-likeness (QED) is 0.213. The summed E-state index contributed by atoms with van der Waals surface area (Å²) in [5, 5.41) is 0. The number of hydrogen-bond donors (Lipinski definition) is 0. The average molecular weight is 836 g/mol. The molecule has 12 aliphatic carbocycles. The number of hydrogen-bond acceptors (Lipinski definition) is 0. The summed E-state index contributed by atoms with van der Waals surface area (Å²) in [7, 11) is 0. The zero-order valence-electron chi connectivity index (χ0n) is 41.6. The Kier molecular flexibility index (Phi) is 33.6. The molecule has 0 aromatic heterocycles. The van der Waals surface area contributed by atoms with Gasteiger partial charge in [-0.1, -0.05) is 347 Å². The number of rotatable bonds is 0. The maximum atomic E-state index is 1.56. The molecule has 12 fully saturated rings. The maximum Gasteiger partial charge on any atom is -0.0386 e. The predicted octanol–water partition coefficient (Wildman–Crippen LogP) is 21.8. The van der Waals surface area contributed by atoms with Crippen molar-refractivity contribution in [3.8, 4) is 0 Å². The van der Waals surface area contributed by atoms with Gasteiger partial charge in [-0.25, -0.2) is 0 Å². The van der Waals surface area contributed by atoms with Gasteiger partial charge in [0.05, 0.1) is 0 Å². The van der Waals surface area contributed by atoms with Gasteiger partial charge in [-0.3, -0.25) is 0 Å². The average Bonchev–Trinajstić information content (AvgIpc) is 3.55. The van der Waals surface area contributed by atoms with Crippen LogP contribution in [0.1, 0.15) is 347 Å². The van der Waals surface area contributed by atoms with Crippen LogP contribution in [0.25, 0.3) is 0 Å². The molecule has 0 saturated heterocycles. The molecular weight excluding hydrogens is 721 g/mol. The fraction of sp³-hybridized carbons (Fsp3) is 1.00. The van der Waals surface area contributed by atoms with Crippen molar-refractivity contribution in [1.82, 2.24) is 0 Å². The van der Waals surface area contributed by atoms with Crippen LogP contribution >= 0.6 is 0 Å². The Bertz CT molecular complexity index is 747. The highest BCUT2D eigenvalue weighted by atomic mass is 14.4. The zero-order valence-corrected chi connectivity index (χ0v) is 41.6. The SMILES string of the molecule is C1CC1.C1CC2CCCC2C1.C1CCC1.C1CCC2CCCC2C1.C1CCC2CCCCC2C1.C1CCCC1.C1CCCCC1.C1CCCCCC1.C1CCCCCCC1. The van der Waals surface area contributed by atoms with Gasteiger partial charge in [0, 0.05) is 0 Å². The normalized spacial score (nSPS) is 32.4. The van der Waals surface area contributed by atoms with Gasteiger partial charge in [0.15, 0.2) is 0 Å². The first-order valence-corrected chi connectivity index (χ1v) is 29.9. The van der Waals surface area contributed by atoms with Gasteiger partial charge < -0.3 is 0 Å². The molecule has 60 heavy (non-hydrogen) atoms. The molecule has 0 heteroatoms. The highest BCUT2D eigenvalue weighted by Gasteiger charge is 2.31. The molecule has 354 valence electrons. The lowest BCUT2D eigenvalue weighted by Crippen LogP contribution is -2.22. The minimum absolute atomic E-state index is 1.16. The van der Waals surface area contributed by atoms with Gasteiger partial charge in [-0.05, 0) is 35.5 Å². The zero-order chi connectivity index (χ0) is 41.6. The van der Waals surface area contributed by atoms with Crippen LogP contribution < -0.4 is 0 Å². The first kappa shape index (κ1) is 52.6. The van der Waals surface area contributed by atoms with Gasteiger partial charge >= 0.3 is 0 Å². The Morgan fingerprint density at radius 1 is 0.0833 bits per heavy atom. The van der Waals surface area contributed by atoms with Gasteiger partial charge in [0.2, 0.25) is 0 Å². The second-order valence-corrected chi connectivity index (χ2v) is 22.9. The molecule has 0 amide bonds. The van der Waals surface area contributed by atoms with Crippen LogP contribution in [0, 0.1) is 35.5 Å². The first-order valence-electron chi connectivity index (χ1n) is 29.9. The van der Waals surface area contributed by atoms with Crippen molar-refractivity contribution in [2.45, 2.75) is 347 Å². The lowest BCUT2D eigenvalue weighted by atomic mass is 9.71. The minimum Gasteiger partial charge on any atom is -0.0533 e. The van der Waals surface area contributed by atoms with Crippen molar-refractivity contribution < 1.29 is 0 Å². The summed E-state index contributed by atoms with van der Waals surface area (Å²) in [5.41, 5.74) is 0. The van der Waals surface area contributed by atoms with E-state index in [1.54, 1.807) is 77.0 Å². The molecular formula is C60H114. The molecule has 0 heterocycles. The summed E-state index contributed by atoms with van der Waals surface area (Å²) in [4.78, 5) is 0. The molecule has 12 saturated carbocycles. The van der Waals surface area contributed by atoms with Crippen LogP contribution in [0.3, 0.4) is 0 Å². The van der Waals surface area contributed by atoms with E-state index in [1.807, 2.05) is 0 Å². The third kappa shape index (κ3) is 28.0. The lowest BCUT2D eigenvalue weighted by Gasteiger charge is -2.35. The summed E-state index contributed by atoms with van der Waals surface area (Å²) < 4.78 is 0. The highest BCUT2D eigenvalue weighted by Crippen LogP contribution is 2.44. The molecule has 0 spiro atoms. The summed E-state index contributed by atoms with van der Waals surface area (Å²) in [6.45, 7) is 0. The topological polar surface area (TPSA) is 0 Å². The van der Waals surface area contributed by atoms with Gasteiger partial charge in [0.1, 0.15) is 0 Å². The molecule has 0 radical (unpaired) electrons. The second kappa shape index (κ2) is 38.3. The highest BCUT2D eigenvalue weighted by molar-refractivity contribution is 4.83.